The van der Waals surface area contributed by atoms with Gasteiger partial charge in [0.25, 0.3) is 10.1 Å². The summed E-state index contributed by atoms with van der Waals surface area (Å²) in [4.78, 5) is 9.99. The first kappa shape index (κ1) is 63.5. The van der Waals surface area contributed by atoms with Crippen LogP contribution < -0.4 is 14.5 Å². The molecular formula is C69H82Cl2N4O9S. The molecule has 7 aromatic rings. The zero-order valence-electron chi connectivity index (χ0n) is 49.2. The first-order valence-electron chi connectivity index (χ1n) is 29.9. The van der Waals surface area contributed by atoms with Gasteiger partial charge in [0.15, 0.2) is 12.6 Å². The maximum atomic E-state index is 12.0. The third kappa shape index (κ3) is 19.2. The summed E-state index contributed by atoms with van der Waals surface area (Å²) in [6.07, 6.45) is 5.42. The third-order valence-electron chi connectivity index (χ3n) is 15.6. The molecule has 0 bridgehead atoms. The highest BCUT2D eigenvalue weighted by molar-refractivity contribution is 7.86. The normalized spacial score (nSPS) is 20.2. The van der Waals surface area contributed by atoms with Crippen LogP contribution in [-0.2, 0) is 46.3 Å². The lowest BCUT2D eigenvalue weighted by atomic mass is 10.0. The maximum Gasteiger partial charge on any atom is 0.297 e. The van der Waals surface area contributed by atoms with Crippen molar-refractivity contribution in [3.8, 4) is 11.5 Å². The number of aryl methyl sites for hydroxylation is 1. The van der Waals surface area contributed by atoms with E-state index in [1.165, 1.54) is 22.3 Å². The highest BCUT2D eigenvalue weighted by atomic mass is 35.5. The quantitative estimate of drug-likeness (QED) is 0.0774. The average Bonchev–Trinajstić information content (AvgIpc) is 3.35. The van der Waals surface area contributed by atoms with Gasteiger partial charge in [-0.1, -0.05) is 162 Å². The van der Waals surface area contributed by atoms with Crippen LogP contribution >= 0.6 is 23.2 Å². The van der Waals surface area contributed by atoms with Gasteiger partial charge in [-0.25, -0.2) is 0 Å². The number of anilines is 2. The van der Waals surface area contributed by atoms with Crippen LogP contribution in [0.1, 0.15) is 92.3 Å². The summed E-state index contributed by atoms with van der Waals surface area (Å²) in [5.41, 5.74) is 8.27. The fraction of sp³-hybridized carbons (Fsp3) is 0.391. The number of phenolic OH excluding ortho intramolecular Hbond substituents is 1. The van der Waals surface area contributed by atoms with Gasteiger partial charge in [-0.15, -0.1) is 0 Å². The molecule has 452 valence electrons. The minimum absolute atomic E-state index is 0.0178. The predicted octanol–water partition coefficient (Wildman–Crippen LogP) is 14.5. The lowest BCUT2D eigenvalue weighted by Crippen LogP contribution is -2.48. The Labute approximate surface area is 514 Å². The molecule has 6 atom stereocenters. The predicted molar refractivity (Wildman–Crippen MR) is 339 cm³/mol. The van der Waals surface area contributed by atoms with Gasteiger partial charge in [-0.2, -0.15) is 8.42 Å². The molecule has 4 aliphatic heterocycles. The van der Waals surface area contributed by atoms with Crippen molar-refractivity contribution in [2.24, 2.45) is 0 Å². The number of rotatable bonds is 19. The smallest absolute Gasteiger partial charge is 0.297 e. The molecule has 1 N–H and O–H groups in total. The Bertz CT molecular complexity index is 3200. The minimum Gasteiger partial charge on any atom is -0.508 e. The molecule has 2 unspecified atom stereocenters. The van der Waals surface area contributed by atoms with Gasteiger partial charge in [0, 0.05) is 77.7 Å². The van der Waals surface area contributed by atoms with E-state index >= 15 is 0 Å². The molecule has 0 aromatic heterocycles. The fourth-order valence-electron chi connectivity index (χ4n) is 11.1. The molecule has 16 heteroatoms. The van der Waals surface area contributed by atoms with Crippen LogP contribution in [0.3, 0.4) is 0 Å². The number of halogens is 2. The number of hydrogen-bond acceptors (Lipinski definition) is 13. The van der Waals surface area contributed by atoms with Gasteiger partial charge in [-0.3, -0.25) is 14.0 Å². The summed E-state index contributed by atoms with van der Waals surface area (Å²) >= 11 is 13.3. The van der Waals surface area contributed by atoms with Gasteiger partial charge in [-0.05, 0) is 118 Å². The molecule has 0 spiro atoms. The standard InChI is InChI=1S/C31H37ClN2O3.C23H23ClN2O.C15H22O5S/c1-24(37-31-14-8-9-19-35-31)23-36-27-15-16-29(28(32)20-27)34-18-17-33(21-25-10-4-2-5-11-25)22-30(34)26-12-6-3-7-13-26;24-21-15-20(27)11-12-22(21)26-14-13-25(16-18-7-3-1-4-8-18)17-23(26)19-9-5-2-6-10-19;1-12-6-8-14(9-7-12)21(16,17)19-11-13(2)20-15-5-3-4-10-18-15/h2-7,10-13,15-16,20,24,30-31H,8-9,14,17-19,21-23H2,1H3;1-12,15,23,27H,13-14,16-17H2;6-9,13,15H,3-5,10-11H2,1-2H3/t24-,30-,31?;23-;13-,15?/m000/s1. The van der Waals surface area contributed by atoms with Crippen molar-refractivity contribution >= 4 is 44.7 Å². The first-order valence-corrected chi connectivity index (χ1v) is 32.1. The molecule has 4 saturated heterocycles. The Morgan fingerprint density at radius 1 is 0.553 bits per heavy atom. The second-order valence-corrected chi connectivity index (χ2v) is 24.7. The first-order chi connectivity index (χ1) is 41.3. The van der Waals surface area contributed by atoms with Crippen molar-refractivity contribution < 1.29 is 41.4 Å². The molecule has 4 heterocycles. The Morgan fingerprint density at radius 2 is 1.01 bits per heavy atom. The van der Waals surface area contributed by atoms with Gasteiger partial charge < -0.3 is 38.6 Å². The summed E-state index contributed by atoms with van der Waals surface area (Å²) < 4.78 is 57.9. The van der Waals surface area contributed by atoms with Crippen molar-refractivity contribution in [1.82, 2.24) is 9.80 Å². The van der Waals surface area contributed by atoms with E-state index in [-0.39, 0.29) is 54.1 Å². The van der Waals surface area contributed by atoms with Gasteiger partial charge in [0.05, 0.1) is 57.2 Å². The molecule has 7 aromatic carbocycles. The van der Waals surface area contributed by atoms with E-state index in [2.05, 4.69) is 141 Å². The molecule has 0 saturated carbocycles. The van der Waals surface area contributed by atoms with Crippen LogP contribution in [0.15, 0.2) is 187 Å². The van der Waals surface area contributed by atoms with Gasteiger partial charge in [0.2, 0.25) is 0 Å². The van der Waals surface area contributed by atoms with Crippen LogP contribution in [0.5, 0.6) is 11.5 Å². The van der Waals surface area contributed by atoms with E-state index < -0.39 is 10.1 Å². The topological polar surface area (TPSA) is 123 Å². The molecule has 13 nitrogen and oxygen atoms in total. The van der Waals surface area contributed by atoms with E-state index in [1.807, 2.05) is 38.1 Å². The number of phenols is 1. The molecule has 85 heavy (non-hydrogen) atoms. The van der Waals surface area contributed by atoms with Crippen LogP contribution in [0.25, 0.3) is 0 Å². The second-order valence-electron chi connectivity index (χ2n) is 22.3. The molecule has 0 radical (unpaired) electrons. The van der Waals surface area contributed by atoms with Crippen LogP contribution in [-0.4, -0.2) is 114 Å². The monoisotopic (exact) mass is 1210 g/mol. The lowest BCUT2D eigenvalue weighted by Gasteiger charge is -2.43. The summed E-state index contributed by atoms with van der Waals surface area (Å²) in [5.74, 6) is 0.954. The van der Waals surface area contributed by atoms with E-state index in [0.717, 1.165) is 120 Å². The molecule has 11 rings (SSSR count). The number of hydrogen-bond donors (Lipinski definition) is 1. The second kappa shape index (κ2) is 32.1. The van der Waals surface area contributed by atoms with E-state index in [4.69, 9.17) is 51.1 Å². The van der Waals surface area contributed by atoms with Crippen molar-refractivity contribution in [2.75, 3.05) is 75.5 Å². The molecule has 0 amide bonds. The minimum atomic E-state index is -3.73. The summed E-state index contributed by atoms with van der Waals surface area (Å²) in [6, 6.07) is 60.9. The van der Waals surface area contributed by atoms with E-state index in [9.17, 15) is 13.5 Å². The van der Waals surface area contributed by atoms with Gasteiger partial charge >= 0.3 is 0 Å². The Morgan fingerprint density at radius 3 is 1.47 bits per heavy atom. The Kier molecular flexibility index (Phi) is 24.0. The number of piperazine rings is 2. The van der Waals surface area contributed by atoms with Crippen LogP contribution in [0.2, 0.25) is 10.0 Å². The van der Waals surface area contributed by atoms with Crippen LogP contribution in [0, 0.1) is 6.92 Å². The number of ether oxygens (including phenoxy) is 5. The molecule has 0 aliphatic carbocycles. The summed E-state index contributed by atoms with van der Waals surface area (Å²) in [5, 5.41) is 11.0. The van der Waals surface area contributed by atoms with Crippen LogP contribution in [0.4, 0.5) is 11.4 Å². The highest BCUT2D eigenvalue weighted by Gasteiger charge is 2.32. The highest BCUT2D eigenvalue weighted by Crippen LogP contribution is 2.39. The van der Waals surface area contributed by atoms with Crippen molar-refractivity contribution in [3.63, 3.8) is 0 Å². The third-order valence-corrected chi connectivity index (χ3v) is 17.5. The van der Waals surface area contributed by atoms with Gasteiger partial charge in [0.1, 0.15) is 18.1 Å². The number of benzene rings is 7. The van der Waals surface area contributed by atoms with Crippen molar-refractivity contribution in [2.45, 2.75) is 114 Å². The SMILES string of the molecule is C[C@@H](COc1ccc(N2CCN(Cc3ccccc3)C[C@H]2c2ccccc2)c(Cl)c1)OC1CCCCO1.Cc1ccc(S(=O)(=O)OC[C@H](C)OC2CCCCO2)cc1.Oc1ccc(N2CCN(Cc3ccccc3)C[C@H]2c2ccccc2)c(Cl)c1. The summed E-state index contributed by atoms with van der Waals surface area (Å²) in [6.45, 7) is 15.1. The molecule has 4 aliphatic rings. The lowest BCUT2D eigenvalue weighted by molar-refractivity contribution is -0.189. The van der Waals surface area contributed by atoms with E-state index in [1.54, 1.807) is 43.3 Å². The average molecular weight is 1210 g/mol. The van der Waals surface area contributed by atoms with Crippen molar-refractivity contribution in [3.05, 3.63) is 220 Å². The Hall–Kier alpha value is -6.01. The Balaban J connectivity index is 0.000000160. The molecule has 4 fully saturated rings. The fourth-order valence-corrected chi connectivity index (χ4v) is 12.6. The van der Waals surface area contributed by atoms with E-state index in [0.29, 0.717) is 23.3 Å². The maximum absolute atomic E-state index is 12.0. The zero-order valence-corrected chi connectivity index (χ0v) is 51.5. The zero-order chi connectivity index (χ0) is 59.4. The molecular weight excluding hydrogens is 1130 g/mol. The summed E-state index contributed by atoms with van der Waals surface area (Å²) in [7, 11) is -3.73. The van der Waals surface area contributed by atoms with Crippen molar-refractivity contribution in [1.29, 1.82) is 0 Å². The largest absolute Gasteiger partial charge is 0.508 e. The number of aromatic hydroxyl groups is 1. The number of nitrogens with zero attached hydrogens (tertiary/aromatic N) is 4.